The molecule has 4 rings (SSSR count). The normalized spacial score (nSPS) is 18.8. The molecule has 27 heavy (non-hydrogen) atoms. The van der Waals surface area contributed by atoms with Crippen LogP contribution in [0.4, 0.5) is 0 Å². The molecule has 3 heterocycles. The molecular formula is C19H16N2O5S. The van der Waals surface area contributed by atoms with E-state index in [2.05, 4.69) is 4.99 Å². The van der Waals surface area contributed by atoms with E-state index in [1.165, 1.54) is 23.9 Å². The fraction of sp³-hybridized carbons (Fsp3) is 0.211. The number of amidine groups is 1. The zero-order valence-electron chi connectivity index (χ0n) is 14.3. The third-order valence-corrected chi connectivity index (χ3v) is 5.25. The minimum absolute atomic E-state index is 0.216. The van der Waals surface area contributed by atoms with Gasteiger partial charge in [0.2, 0.25) is 0 Å². The second kappa shape index (κ2) is 7.42. The van der Waals surface area contributed by atoms with Crippen LogP contribution in [0.3, 0.4) is 0 Å². The predicted molar refractivity (Wildman–Crippen MR) is 102 cm³/mol. The Morgan fingerprint density at radius 1 is 1.15 bits per heavy atom. The second-order valence-corrected chi connectivity index (χ2v) is 7.00. The lowest BCUT2D eigenvalue weighted by atomic mass is 10.1. The van der Waals surface area contributed by atoms with Crippen LogP contribution in [0.15, 0.2) is 50.7 Å². The highest BCUT2D eigenvalue weighted by molar-refractivity contribution is 8.18. The average molecular weight is 384 g/mol. The summed E-state index contributed by atoms with van der Waals surface area (Å²) in [7, 11) is 0. The van der Waals surface area contributed by atoms with E-state index < -0.39 is 5.97 Å². The number of carbonyl (C=O) groups is 2. The van der Waals surface area contributed by atoms with Gasteiger partial charge in [0.15, 0.2) is 5.17 Å². The molecule has 0 atom stereocenters. The van der Waals surface area contributed by atoms with Gasteiger partial charge >= 0.3 is 5.97 Å². The van der Waals surface area contributed by atoms with Gasteiger partial charge in [-0.25, -0.2) is 4.79 Å². The molecule has 2 aromatic rings. The van der Waals surface area contributed by atoms with Gasteiger partial charge in [0.25, 0.3) is 5.91 Å². The Morgan fingerprint density at radius 3 is 2.59 bits per heavy atom. The molecule has 8 heteroatoms. The van der Waals surface area contributed by atoms with Crippen molar-refractivity contribution in [3.63, 3.8) is 0 Å². The standard InChI is InChI=1S/C19H16N2O5S/c22-17-16(27-19(20-17)21-7-9-25-10-8-21)11-14-5-6-15(26-14)12-1-3-13(4-2-12)18(23)24/h1-6,11H,7-10H2,(H,23,24)/b16-11-. The van der Waals surface area contributed by atoms with E-state index in [0.717, 1.165) is 18.7 Å². The van der Waals surface area contributed by atoms with Crippen LogP contribution in [0, 0.1) is 0 Å². The van der Waals surface area contributed by atoms with Gasteiger partial charge < -0.3 is 19.2 Å². The fourth-order valence-corrected chi connectivity index (χ4v) is 3.72. The number of hydrogen-bond acceptors (Lipinski definition) is 6. The maximum absolute atomic E-state index is 12.2. The molecular weight excluding hydrogens is 368 g/mol. The number of carboxylic acid groups (broad SMARTS) is 1. The number of carboxylic acids is 1. The predicted octanol–water partition coefficient (Wildman–Crippen LogP) is 2.95. The van der Waals surface area contributed by atoms with Crippen molar-refractivity contribution in [2.45, 2.75) is 0 Å². The van der Waals surface area contributed by atoms with Crippen molar-refractivity contribution in [2.24, 2.45) is 4.99 Å². The van der Waals surface area contributed by atoms with Crippen LogP contribution in [-0.4, -0.2) is 53.4 Å². The number of amides is 1. The lowest BCUT2D eigenvalue weighted by molar-refractivity contribution is -0.113. The third-order valence-electron chi connectivity index (χ3n) is 4.21. The fourth-order valence-electron chi connectivity index (χ4n) is 2.78. The van der Waals surface area contributed by atoms with Crippen molar-refractivity contribution in [1.82, 2.24) is 4.90 Å². The molecule has 1 saturated heterocycles. The van der Waals surface area contributed by atoms with Crippen molar-refractivity contribution in [1.29, 1.82) is 0 Å². The third kappa shape index (κ3) is 3.81. The van der Waals surface area contributed by atoms with Crippen LogP contribution >= 0.6 is 11.8 Å². The first-order chi connectivity index (χ1) is 13.1. The molecule has 2 aliphatic heterocycles. The summed E-state index contributed by atoms with van der Waals surface area (Å²) >= 11 is 1.34. The summed E-state index contributed by atoms with van der Waals surface area (Å²) in [6, 6.07) is 9.99. The van der Waals surface area contributed by atoms with Crippen molar-refractivity contribution >= 4 is 34.9 Å². The average Bonchev–Trinajstić information content (AvgIpc) is 3.30. The number of hydrogen-bond donors (Lipinski definition) is 1. The summed E-state index contributed by atoms with van der Waals surface area (Å²) in [6.45, 7) is 2.72. The highest BCUT2D eigenvalue weighted by Gasteiger charge is 2.27. The van der Waals surface area contributed by atoms with Crippen LogP contribution < -0.4 is 0 Å². The highest BCUT2D eigenvalue weighted by Crippen LogP contribution is 2.32. The Morgan fingerprint density at radius 2 is 1.89 bits per heavy atom. The van der Waals surface area contributed by atoms with Crippen LogP contribution in [0.1, 0.15) is 16.1 Å². The molecule has 1 N–H and O–H groups in total. The molecule has 2 aliphatic rings. The van der Waals surface area contributed by atoms with E-state index in [9.17, 15) is 9.59 Å². The summed E-state index contributed by atoms with van der Waals surface area (Å²) in [4.78, 5) is 29.8. The first kappa shape index (κ1) is 17.6. The van der Waals surface area contributed by atoms with E-state index in [1.807, 2.05) is 4.90 Å². The van der Waals surface area contributed by atoms with Crippen LogP contribution in [0.5, 0.6) is 0 Å². The molecule has 0 radical (unpaired) electrons. The smallest absolute Gasteiger partial charge is 0.335 e. The van der Waals surface area contributed by atoms with Crippen LogP contribution in [0.25, 0.3) is 17.4 Å². The van der Waals surface area contributed by atoms with E-state index in [0.29, 0.717) is 34.8 Å². The summed E-state index contributed by atoms with van der Waals surface area (Å²) < 4.78 is 11.1. The van der Waals surface area contributed by atoms with E-state index >= 15 is 0 Å². The number of nitrogens with zero attached hydrogens (tertiary/aromatic N) is 2. The molecule has 1 aromatic heterocycles. The minimum Gasteiger partial charge on any atom is -0.478 e. The van der Waals surface area contributed by atoms with Crippen molar-refractivity contribution in [3.05, 3.63) is 52.6 Å². The molecule has 0 unspecified atom stereocenters. The summed E-state index contributed by atoms with van der Waals surface area (Å²) in [5.74, 6) is -0.102. The topological polar surface area (TPSA) is 92.3 Å². The molecule has 7 nitrogen and oxygen atoms in total. The van der Waals surface area contributed by atoms with E-state index in [4.69, 9.17) is 14.3 Å². The summed E-state index contributed by atoms with van der Waals surface area (Å²) in [6.07, 6.45) is 1.68. The Bertz CT molecular complexity index is 939. The molecule has 0 bridgehead atoms. The lowest BCUT2D eigenvalue weighted by Crippen LogP contribution is -2.38. The Kier molecular flexibility index (Phi) is 4.83. The van der Waals surface area contributed by atoms with Crippen molar-refractivity contribution < 1.29 is 23.8 Å². The van der Waals surface area contributed by atoms with Crippen molar-refractivity contribution in [2.75, 3.05) is 26.3 Å². The number of furan rings is 1. The molecule has 0 saturated carbocycles. The van der Waals surface area contributed by atoms with Crippen molar-refractivity contribution in [3.8, 4) is 11.3 Å². The molecule has 1 fully saturated rings. The van der Waals surface area contributed by atoms with E-state index in [-0.39, 0.29) is 11.5 Å². The first-order valence-corrected chi connectivity index (χ1v) is 9.20. The van der Waals surface area contributed by atoms with Gasteiger partial charge in [-0.05, 0) is 36.0 Å². The van der Waals surface area contributed by atoms with Gasteiger partial charge in [-0.2, -0.15) is 4.99 Å². The van der Waals surface area contributed by atoms with Crippen LogP contribution in [-0.2, 0) is 9.53 Å². The Hall–Kier alpha value is -2.84. The number of aliphatic imine (C=N–C) groups is 1. The zero-order chi connectivity index (χ0) is 18.8. The monoisotopic (exact) mass is 384 g/mol. The number of rotatable bonds is 3. The second-order valence-electron chi connectivity index (χ2n) is 5.99. The Balaban J connectivity index is 1.49. The SMILES string of the molecule is O=C1N=C(N2CCOCC2)S/C1=C\c1ccc(-c2ccc(C(=O)O)cc2)o1. The maximum Gasteiger partial charge on any atom is 0.335 e. The van der Waals surface area contributed by atoms with Gasteiger partial charge in [-0.1, -0.05) is 12.1 Å². The molecule has 0 aliphatic carbocycles. The maximum atomic E-state index is 12.2. The van der Waals surface area contributed by atoms with Gasteiger partial charge in [-0.15, -0.1) is 0 Å². The number of ether oxygens (including phenoxy) is 1. The molecule has 0 spiro atoms. The van der Waals surface area contributed by atoms with Crippen LogP contribution in [0.2, 0.25) is 0 Å². The summed E-state index contributed by atoms with van der Waals surface area (Å²) in [5.41, 5.74) is 0.980. The lowest BCUT2D eigenvalue weighted by Gasteiger charge is -2.27. The largest absolute Gasteiger partial charge is 0.478 e. The number of aromatic carboxylic acids is 1. The molecule has 1 amide bonds. The van der Waals surface area contributed by atoms with E-state index in [1.54, 1.807) is 30.3 Å². The van der Waals surface area contributed by atoms with Gasteiger partial charge in [0, 0.05) is 24.7 Å². The number of benzene rings is 1. The molecule has 1 aromatic carbocycles. The minimum atomic E-state index is -0.973. The number of morpholine rings is 1. The van der Waals surface area contributed by atoms with Gasteiger partial charge in [0.1, 0.15) is 11.5 Å². The number of thioether (sulfide) groups is 1. The highest BCUT2D eigenvalue weighted by atomic mass is 32.2. The first-order valence-electron chi connectivity index (χ1n) is 8.39. The number of carbonyl (C=O) groups excluding carboxylic acids is 1. The van der Waals surface area contributed by atoms with Gasteiger partial charge in [-0.3, -0.25) is 4.79 Å². The zero-order valence-corrected chi connectivity index (χ0v) is 15.1. The molecule has 138 valence electrons. The summed E-state index contributed by atoms with van der Waals surface area (Å²) in [5, 5.41) is 9.66. The van der Waals surface area contributed by atoms with Gasteiger partial charge in [0.05, 0.1) is 23.7 Å². The quantitative estimate of drug-likeness (QED) is 0.813. The Labute approximate surface area is 159 Å².